The third-order valence-electron chi connectivity index (χ3n) is 5.50. The summed E-state index contributed by atoms with van der Waals surface area (Å²) in [7, 11) is 1.65. The van der Waals surface area contributed by atoms with Crippen LogP contribution in [0.2, 0.25) is 0 Å². The molecule has 1 unspecified atom stereocenters. The number of carbonyl (C=O) groups is 1. The number of ether oxygens (including phenoxy) is 1. The zero-order valence-electron chi connectivity index (χ0n) is 16.6. The van der Waals surface area contributed by atoms with Crippen molar-refractivity contribution in [3.05, 3.63) is 72.7 Å². The van der Waals surface area contributed by atoms with E-state index in [0.717, 1.165) is 34.7 Å². The predicted octanol–water partition coefficient (Wildman–Crippen LogP) is 3.59. The van der Waals surface area contributed by atoms with Crippen molar-refractivity contribution in [2.24, 2.45) is 0 Å². The molecule has 0 aliphatic carbocycles. The number of hydrogen-bond acceptors (Lipinski definition) is 5. The smallest absolute Gasteiger partial charge is 0.272 e. The van der Waals surface area contributed by atoms with E-state index in [1.165, 1.54) is 0 Å². The number of amides is 1. The lowest BCUT2D eigenvalue weighted by Gasteiger charge is -2.18. The highest BCUT2D eigenvalue weighted by molar-refractivity contribution is 5.92. The van der Waals surface area contributed by atoms with Gasteiger partial charge >= 0.3 is 0 Å². The van der Waals surface area contributed by atoms with Gasteiger partial charge in [-0.05, 0) is 55.0 Å². The third-order valence-corrected chi connectivity index (χ3v) is 5.50. The number of methoxy groups -OCH3 is 1. The molecule has 0 bridgehead atoms. The number of pyridine rings is 2. The van der Waals surface area contributed by atoms with Gasteiger partial charge in [0.1, 0.15) is 22.8 Å². The largest absolute Gasteiger partial charge is 0.497 e. The van der Waals surface area contributed by atoms with E-state index in [1.54, 1.807) is 25.6 Å². The first-order valence-corrected chi connectivity index (χ1v) is 9.92. The molecule has 7 nitrogen and oxygen atoms in total. The molecule has 1 fully saturated rings. The van der Waals surface area contributed by atoms with Crippen LogP contribution in [0.3, 0.4) is 0 Å². The van der Waals surface area contributed by atoms with E-state index in [2.05, 4.69) is 14.5 Å². The van der Waals surface area contributed by atoms with Crippen molar-refractivity contribution in [1.82, 2.24) is 24.4 Å². The Morgan fingerprint density at radius 2 is 1.87 bits per heavy atom. The van der Waals surface area contributed by atoms with Crippen molar-refractivity contribution in [3.8, 4) is 17.1 Å². The molecular weight excluding hydrogens is 378 g/mol. The summed E-state index contributed by atoms with van der Waals surface area (Å²) >= 11 is 0. The van der Waals surface area contributed by atoms with Crippen molar-refractivity contribution in [3.63, 3.8) is 0 Å². The number of carbonyl (C=O) groups excluding carboxylic acids is 1. The van der Waals surface area contributed by atoms with Crippen molar-refractivity contribution in [2.45, 2.75) is 12.5 Å². The summed E-state index contributed by atoms with van der Waals surface area (Å²) in [4.78, 5) is 28.4. The first kappa shape index (κ1) is 18.3. The van der Waals surface area contributed by atoms with Crippen LogP contribution in [-0.2, 0) is 0 Å². The summed E-state index contributed by atoms with van der Waals surface area (Å²) in [5, 5.41) is 0. The molecule has 1 aliphatic heterocycles. The van der Waals surface area contributed by atoms with E-state index in [4.69, 9.17) is 9.72 Å². The van der Waals surface area contributed by atoms with Crippen LogP contribution in [0.1, 0.15) is 23.0 Å². The van der Waals surface area contributed by atoms with Gasteiger partial charge in [0.15, 0.2) is 5.65 Å². The first-order chi connectivity index (χ1) is 14.7. The van der Waals surface area contributed by atoms with Gasteiger partial charge in [-0.25, -0.2) is 9.97 Å². The average Bonchev–Trinajstić information content (AvgIpc) is 3.44. The molecule has 30 heavy (non-hydrogen) atoms. The second kappa shape index (κ2) is 7.59. The van der Waals surface area contributed by atoms with Gasteiger partial charge in [-0.2, -0.15) is 0 Å². The second-order valence-electron chi connectivity index (χ2n) is 7.29. The number of nitrogens with zero attached hydrogens (tertiary/aromatic N) is 5. The molecule has 1 aromatic carbocycles. The lowest BCUT2D eigenvalue weighted by atomic mass is 10.2. The Morgan fingerprint density at radius 3 is 2.63 bits per heavy atom. The molecule has 7 heteroatoms. The van der Waals surface area contributed by atoms with Crippen molar-refractivity contribution in [1.29, 1.82) is 0 Å². The van der Waals surface area contributed by atoms with Gasteiger partial charge < -0.3 is 14.2 Å². The number of hydrogen-bond donors (Lipinski definition) is 0. The zero-order valence-corrected chi connectivity index (χ0v) is 16.6. The van der Waals surface area contributed by atoms with E-state index in [0.29, 0.717) is 18.8 Å². The van der Waals surface area contributed by atoms with Crippen LogP contribution in [0, 0.1) is 0 Å². The zero-order chi connectivity index (χ0) is 20.5. The molecule has 5 rings (SSSR count). The predicted molar refractivity (Wildman–Crippen MR) is 113 cm³/mol. The Bertz CT molecular complexity index is 1190. The maximum Gasteiger partial charge on any atom is 0.272 e. The van der Waals surface area contributed by atoms with E-state index >= 15 is 0 Å². The number of imidazole rings is 1. The topological polar surface area (TPSA) is 73.1 Å². The van der Waals surface area contributed by atoms with Crippen LogP contribution < -0.4 is 4.74 Å². The molecule has 1 aliphatic rings. The average molecular weight is 399 g/mol. The molecular formula is C23H21N5O2. The highest BCUT2D eigenvalue weighted by Gasteiger charge is 2.31. The third kappa shape index (κ3) is 3.18. The maximum absolute atomic E-state index is 12.9. The molecule has 0 radical (unpaired) electrons. The Hall–Kier alpha value is -3.74. The second-order valence-corrected chi connectivity index (χ2v) is 7.29. The fraction of sp³-hybridized carbons (Fsp3) is 0.217. The lowest BCUT2D eigenvalue weighted by Crippen LogP contribution is -2.29. The van der Waals surface area contributed by atoms with Crippen molar-refractivity contribution < 1.29 is 9.53 Å². The molecule has 4 heterocycles. The number of aromatic nitrogens is 4. The van der Waals surface area contributed by atoms with Gasteiger partial charge in [-0.3, -0.25) is 9.78 Å². The molecule has 1 amide bonds. The van der Waals surface area contributed by atoms with Crippen LogP contribution in [0.25, 0.3) is 22.6 Å². The fourth-order valence-corrected chi connectivity index (χ4v) is 4.01. The summed E-state index contributed by atoms with van der Waals surface area (Å²) in [5.74, 6) is 1.61. The summed E-state index contributed by atoms with van der Waals surface area (Å²) in [6.45, 7) is 1.27. The van der Waals surface area contributed by atoms with Gasteiger partial charge in [-0.1, -0.05) is 6.07 Å². The minimum absolute atomic E-state index is 0.0403. The molecule has 1 saturated heterocycles. The van der Waals surface area contributed by atoms with E-state index in [9.17, 15) is 4.79 Å². The summed E-state index contributed by atoms with van der Waals surface area (Å²) < 4.78 is 7.46. The Morgan fingerprint density at radius 1 is 1.03 bits per heavy atom. The highest BCUT2D eigenvalue weighted by atomic mass is 16.5. The molecule has 0 saturated carbocycles. The molecule has 1 atom stereocenters. The molecule has 4 aromatic rings. The highest BCUT2D eigenvalue weighted by Crippen LogP contribution is 2.33. The molecule has 0 spiro atoms. The van der Waals surface area contributed by atoms with Crippen LogP contribution in [0.15, 0.2) is 67.0 Å². The quantitative estimate of drug-likeness (QED) is 0.524. The molecule has 3 aromatic heterocycles. The lowest BCUT2D eigenvalue weighted by molar-refractivity contribution is 0.0782. The van der Waals surface area contributed by atoms with E-state index in [1.807, 2.05) is 53.4 Å². The van der Waals surface area contributed by atoms with Gasteiger partial charge in [0, 0.05) is 31.0 Å². The Balaban J connectivity index is 1.51. The SMILES string of the molecule is COc1ccc(-c2nc3cccnc3n2C2CCN(C(=O)c3ccccn3)C2)cc1. The number of rotatable bonds is 4. The minimum atomic E-state index is -0.0403. The van der Waals surface area contributed by atoms with Gasteiger partial charge in [0.25, 0.3) is 5.91 Å². The molecule has 150 valence electrons. The Labute approximate surface area is 174 Å². The standard InChI is InChI=1S/C23H21N5O2/c1-30-18-9-7-16(8-10-18)21-26-19-6-4-13-25-22(19)28(21)17-11-14-27(15-17)23(29)20-5-2-3-12-24-20/h2-10,12-13,17H,11,14-15H2,1H3. The summed E-state index contributed by atoms with van der Waals surface area (Å²) in [5.41, 5.74) is 3.14. The number of fused-ring (bicyclic) bond motifs is 1. The Kier molecular flexibility index (Phi) is 4.63. The fourth-order valence-electron chi connectivity index (χ4n) is 4.01. The van der Waals surface area contributed by atoms with Crippen LogP contribution in [0.4, 0.5) is 0 Å². The van der Waals surface area contributed by atoms with Crippen LogP contribution in [-0.4, -0.2) is 50.5 Å². The first-order valence-electron chi connectivity index (χ1n) is 9.92. The van der Waals surface area contributed by atoms with Gasteiger partial charge in [-0.15, -0.1) is 0 Å². The normalized spacial score (nSPS) is 16.2. The maximum atomic E-state index is 12.9. The summed E-state index contributed by atoms with van der Waals surface area (Å²) in [6, 6.07) is 17.2. The van der Waals surface area contributed by atoms with Crippen molar-refractivity contribution in [2.75, 3.05) is 20.2 Å². The van der Waals surface area contributed by atoms with Crippen LogP contribution >= 0.6 is 0 Å². The van der Waals surface area contributed by atoms with E-state index < -0.39 is 0 Å². The van der Waals surface area contributed by atoms with Crippen LogP contribution in [0.5, 0.6) is 5.75 Å². The van der Waals surface area contributed by atoms with Crippen molar-refractivity contribution >= 4 is 17.1 Å². The van der Waals surface area contributed by atoms with E-state index in [-0.39, 0.29) is 11.9 Å². The number of benzene rings is 1. The summed E-state index contributed by atoms with van der Waals surface area (Å²) in [6.07, 6.45) is 4.27. The minimum Gasteiger partial charge on any atom is -0.497 e. The van der Waals surface area contributed by atoms with Gasteiger partial charge in [0.2, 0.25) is 0 Å². The number of likely N-dealkylation sites (tertiary alicyclic amines) is 1. The van der Waals surface area contributed by atoms with Gasteiger partial charge in [0.05, 0.1) is 13.2 Å². The molecule has 0 N–H and O–H groups in total. The monoisotopic (exact) mass is 399 g/mol.